The predicted molar refractivity (Wildman–Crippen MR) is 152 cm³/mol. The highest BCUT2D eigenvalue weighted by molar-refractivity contribution is 6.05. The Morgan fingerprint density at radius 3 is 2.25 bits per heavy atom. The Kier molecular flexibility index (Phi) is 9.00. The molecule has 3 N–H and O–H groups in total. The lowest BCUT2D eigenvalue weighted by molar-refractivity contribution is -0.119. The summed E-state index contributed by atoms with van der Waals surface area (Å²) in [5, 5.41) is 21.5. The van der Waals surface area contributed by atoms with Crippen LogP contribution < -0.4 is 20.1 Å². The molecule has 1 aromatic heterocycles. The van der Waals surface area contributed by atoms with Crippen LogP contribution in [0.1, 0.15) is 43.1 Å². The molecule has 0 aliphatic rings. The molecule has 1 heterocycles. The molecule has 10 heteroatoms. The number of methoxy groups -OCH3 is 2. The maximum atomic E-state index is 12.7. The quantitative estimate of drug-likeness (QED) is 0.213. The van der Waals surface area contributed by atoms with Crippen LogP contribution in [0.5, 0.6) is 11.5 Å². The number of nitrogens with zero attached hydrogens (tertiary/aromatic N) is 2. The van der Waals surface area contributed by atoms with E-state index in [9.17, 15) is 19.5 Å². The van der Waals surface area contributed by atoms with Crippen molar-refractivity contribution < 1.29 is 29.0 Å². The lowest BCUT2D eigenvalue weighted by Gasteiger charge is -2.17. The molecule has 208 valence electrons. The van der Waals surface area contributed by atoms with E-state index in [2.05, 4.69) is 15.7 Å². The fraction of sp³-hybridized carbons (Fsp3) is 0.267. The van der Waals surface area contributed by atoms with Crippen molar-refractivity contribution in [2.45, 2.75) is 32.6 Å². The summed E-state index contributed by atoms with van der Waals surface area (Å²) in [6.07, 6.45) is 2.70. The molecule has 10 nitrogen and oxygen atoms in total. The summed E-state index contributed by atoms with van der Waals surface area (Å²) in [6, 6.07) is 17.9. The molecule has 4 rings (SSSR count). The van der Waals surface area contributed by atoms with Gasteiger partial charge in [-0.3, -0.25) is 9.59 Å². The van der Waals surface area contributed by atoms with Gasteiger partial charge in [0, 0.05) is 36.3 Å². The average Bonchev–Trinajstić information content (AvgIpc) is 3.39. The number of carbonyl (C=O) groups excluding carboxylic acids is 2. The van der Waals surface area contributed by atoms with Gasteiger partial charge >= 0.3 is 5.97 Å². The van der Waals surface area contributed by atoms with E-state index in [4.69, 9.17) is 9.47 Å². The summed E-state index contributed by atoms with van der Waals surface area (Å²) >= 11 is 0. The third-order valence-electron chi connectivity index (χ3n) is 6.47. The zero-order chi connectivity index (χ0) is 28.6. The number of benzene rings is 3. The number of carboxylic acids is 1. The summed E-state index contributed by atoms with van der Waals surface area (Å²) in [5.41, 5.74) is 2.18. The Hall–Kier alpha value is -4.86. The molecule has 3 aromatic carbocycles. The predicted octanol–water partition coefficient (Wildman–Crippen LogP) is 5.04. The second-order valence-corrected chi connectivity index (χ2v) is 9.19. The minimum Gasteiger partial charge on any atom is -0.496 e. The molecule has 2 amide bonds. The monoisotopic (exact) mass is 544 g/mol. The van der Waals surface area contributed by atoms with Crippen molar-refractivity contribution in [3.8, 4) is 28.4 Å². The molecule has 0 saturated heterocycles. The molecule has 0 radical (unpaired) electrons. The number of aromatic nitrogens is 2. The number of hydrogen-bond acceptors (Lipinski definition) is 6. The minimum absolute atomic E-state index is 0.0588. The van der Waals surface area contributed by atoms with Gasteiger partial charge in [0.1, 0.15) is 11.5 Å². The summed E-state index contributed by atoms with van der Waals surface area (Å²) in [6.45, 7) is 2.08. The van der Waals surface area contributed by atoms with Crippen LogP contribution in [0, 0.1) is 0 Å². The average molecular weight is 545 g/mol. The zero-order valence-electron chi connectivity index (χ0n) is 22.7. The number of fused-ring (bicyclic) bond motifs is 1. The van der Waals surface area contributed by atoms with Crippen LogP contribution >= 0.6 is 0 Å². The van der Waals surface area contributed by atoms with E-state index in [-0.39, 0.29) is 17.5 Å². The lowest BCUT2D eigenvalue weighted by atomic mass is 10.0. The second kappa shape index (κ2) is 12.8. The Morgan fingerprint density at radius 2 is 1.60 bits per heavy atom. The fourth-order valence-corrected chi connectivity index (χ4v) is 4.59. The maximum absolute atomic E-state index is 12.7. The van der Waals surface area contributed by atoms with Crippen molar-refractivity contribution in [1.82, 2.24) is 15.1 Å². The molecular weight excluding hydrogens is 512 g/mol. The van der Waals surface area contributed by atoms with Crippen LogP contribution in [-0.2, 0) is 9.59 Å². The smallest absolute Gasteiger partial charge is 0.356 e. The van der Waals surface area contributed by atoms with Crippen LogP contribution in [0.4, 0.5) is 5.69 Å². The molecule has 0 atom stereocenters. The van der Waals surface area contributed by atoms with Gasteiger partial charge < -0.3 is 25.2 Å². The van der Waals surface area contributed by atoms with E-state index in [1.54, 1.807) is 35.0 Å². The van der Waals surface area contributed by atoms with E-state index < -0.39 is 5.97 Å². The van der Waals surface area contributed by atoms with Crippen molar-refractivity contribution in [1.29, 1.82) is 0 Å². The van der Waals surface area contributed by atoms with E-state index in [0.29, 0.717) is 53.5 Å². The first-order chi connectivity index (χ1) is 19.3. The molecule has 0 aliphatic heterocycles. The molecule has 0 fully saturated rings. The molecule has 0 unspecified atom stereocenters. The van der Waals surface area contributed by atoms with Gasteiger partial charge in [-0.15, -0.1) is 0 Å². The maximum Gasteiger partial charge on any atom is 0.356 e. The number of nitrogens with one attached hydrogen (secondary N) is 2. The van der Waals surface area contributed by atoms with Crippen LogP contribution in [0.3, 0.4) is 0 Å². The van der Waals surface area contributed by atoms with Crippen LogP contribution in [0.15, 0.2) is 60.7 Å². The van der Waals surface area contributed by atoms with E-state index in [0.717, 1.165) is 23.6 Å². The van der Waals surface area contributed by atoms with Gasteiger partial charge in [0.2, 0.25) is 11.8 Å². The number of carboxylic acid groups (broad SMARTS) is 1. The Labute approximate surface area is 231 Å². The minimum atomic E-state index is -1.17. The van der Waals surface area contributed by atoms with E-state index in [1.807, 2.05) is 24.3 Å². The van der Waals surface area contributed by atoms with Crippen molar-refractivity contribution in [2.75, 3.05) is 26.1 Å². The number of unbranched alkanes of at least 4 members (excludes halogenated alkanes) is 2. The van der Waals surface area contributed by atoms with Crippen molar-refractivity contribution in [2.24, 2.45) is 0 Å². The van der Waals surface area contributed by atoms with Gasteiger partial charge in [0.25, 0.3) is 0 Å². The second-order valence-electron chi connectivity index (χ2n) is 9.19. The third-order valence-corrected chi connectivity index (χ3v) is 6.47. The SMILES string of the molecule is COc1cccc(OC)c1-c1cc(C(=O)O)nn1-c1ccc(NC(=O)CCCCCNC(C)=O)c2ccccc12. The zero-order valence-corrected chi connectivity index (χ0v) is 22.7. The van der Waals surface area contributed by atoms with Gasteiger partial charge in [-0.05, 0) is 43.2 Å². The summed E-state index contributed by atoms with van der Waals surface area (Å²) in [4.78, 5) is 35.6. The molecule has 0 bridgehead atoms. The number of hydrogen-bond donors (Lipinski definition) is 3. The molecule has 4 aromatic rings. The normalized spacial score (nSPS) is 10.8. The number of rotatable bonds is 12. The van der Waals surface area contributed by atoms with Crippen LogP contribution in [0.2, 0.25) is 0 Å². The first-order valence-electron chi connectivity index (χ1n) is 12.9. The molecule has 40 heavy (non-hydrogen) atoms. The van der Waals surface area contributed by atoms with Gasteiger partial charge in [-0.1, -0.05) is 36.8 Å². The van der Waals surface area contributed by atoms with Gasteiger partial charge in [-0.2, -0.15) is 5.10 Å². The Balaban J connectivity index is 1.69. The number of ether oxygens (including phenoxy) is 2. The lowest BCUT2D eigenvalue weighted by Crippen LogP contribution is -2.20. The van der Waals surface area contributed by atoms with Crippen molar-refractivity contribution in [3.63, 3.8) is 0 Å². The summed E-state index contributed by atoms with van der Waals surface area (Å²) in [5.74, 6) is -0.329. The first-order valence-corrected chi connectivity index (χ1v) is 12.9. The Bertz CT molecular complexity index is 1520. The fourth-order valence-electron chi connectivity index (χ4n) is 4.59. The van der Waals surface area contributed by atoms with Crippen LogP contribution in [0.25, 0.3) is 27.7 Å². The molecule has 0 spiro atoms. The van der Waals surface area contributed by atoms with E-state index in [1.165, 1.54) is 27.2 Å². The van der Waals surface area contributed by atoms with Gasteiger partial charge in [-0.25, -0.2) is 9.48 Å². The topological polar surface area (TPSA) is 132 Å². The van der Waals surface area contributed by atoms with Crippen LogP contribution in [-0.4, -0.2) is 53.4 Å². The number of amides is 2. The highest BCUT2D eigenvalue weighted by atomic mass is 16.5. The van der Waals surface area contributed by atoms with Crippen molar-refractivity contribution >= 4 is 34.2 Å². The number of anilines is 1. The Morgan fingerprint density at radius 1 is 0.900 bits per heavy atom. The van der Waals surface area contributed by atoms with Gasteiger partial charge in [0.15, 0.2) is 5.69 Å². The van der Waals surface area contributed by atoms with Crippen molar-refractivity contribution in [3.05, 3.63) is 66.4 Å². The van der Waals surface area contributed by atoms with E-state index >= 15 is 0 Å². The molecule has 0 saturated carbocycles. The summed E-state index contributed by atoms with van der Waals surface area (Å²) < 4.78 is 12.7. The number of carbonyl (C=O) groups is 3. The third kappa shape index (κ3) is 6.23. The highest BCUT2D eigenvalue weighted by Gasteiger charge is 2.23. The largest absolute Gasteiger partial charge is 0.496 e. The highest BCUT2D eigenvalue weighted by Crippen LogP contribution is 2.41. The molecular formula is C30H32N4O6. The van der Waals surface area contributed by atoms with Gasteiger partial charge in [0.05, 0.1) is 31.2 Å². The summed E-state index contributed by atoms with van der Waals surface area (Å²) in [7, 11) is 3.07. The number of aromatic carboxylic acids is 1. The molecule has 0 aliphatic carbocycles. The standard InChI is InChI=1S/C30H32N4O6/c1-19(35)31-17-8-4-5-14-28(36)32-22-15-16-24(21-11-7-6-10-20(21)22)34-25(18-23(33-34)30(37)38)29-26(39-2)12-9-13-27(29)40-3/h6-7,9-13,15-16,18H,4-5,8,14,17H2,1-3H3,(H,31,35)(H,32,36)(H,37,38). The first kappa shape index (κ1) is 28.2.